The molecule has 272 valence electrons. The van der Waals surface area contributed by atoms with Crippen LogP contribution < -0.4 is 0 Å². The van der Waals surface area contributed by atoms with Gasteiger partial charge in [0, 0.05) is 64.9 Å². The predicted octanol–water partition coefficient (Wildman–Crippen LogP) is 14.8. The van der Waals surface area contributed by atoms with Gasteiger partial charge < -0.3 is 0 Å². The summed E-state index contributed by atoms with van der Waals surface area (Å²) < 4.78 is 0. The van der Waals surface area contributed by atoms with Crippen molar-refractivity contribution in [2.75, 3.05) is 0 Å². The summed E-state index contributed by atoms with van der Waals surface area (Å²) in [5.41, 5.74) is 5.97. The number of rotatable bonds is 16. The van der Waals surface area contributed by atoms with Gasteiger partial charge in [0.05, 0.1) is 12.1 Å². The first-order valence-corrected chi connectivity index (χ1v) is 23.3. The van der Waals surface area contributed by atoms with E-state index in [0.717, 1.165) is 61.1 Å². The molecule has 0 spiro atoms. The van der Waals surface area contributed by atoms with Crippen molar-refractivity contribution >= 4 is 74.1 Å². The van der Waals surface area contributed by atoms with Gasteiger partial charge in [-0.25, -0.2) is 0 Å². The molecule has 0 N–H and O–H groups in total. The molecule has 0 aromatic carbocycles. The third-order valence-corrected chi connectivity index (χ3v) is 16.9. The molecule has 6 heterocycles. The van der Waals surface area contributed by atoms with E-state index < -0.39 is 5.92 Å². The maximum atomic E-state index is 9.36. The van der Waals surface area contributed by atoms with Crippen molar-refractivity contribution in [3.63, 3.8) is 0 Å². The number of nitrogens with zero attached hydrogens (tertiary/aromatic N) is 4. The summed E-state index contributed by atoms with van der Waals surface area (Å²) in [6.45, 7) is 9.02. The standard InChI is InChI=1S/C44H40N4S6/c1-5-9-31-33(11-7-3)43(53-41(31)37-15-13-29(49-37)21-27(23-45)24-46)39-19-17-35(51-39)36-18-20-40(52-36)44-34(12-8-4)32(10-6-2)42(54-44)38-16-14-30(50-38)22-28(25-47)26-48/h13-21,28H,5-12,22H2,1-4H3. The van der Waals surface area contributed by atoms with Crippen molar-refractivity contribution in [1.29, 1.82) is 21.0 Å². The van der Waals surface area contributed by atoms with Crippen molar-refractivity contribution in [3.8, 4) is 73.0 Å². The molecule has 6 aromatic rings. The third-order valence-electron chi connectivity index (χ3n) is 9.12. The molecule has 0 aliphatic carbocycles. The van der Waals surface area contributed by atoms with Crippen LogP contribution in [0.25, 0.3) is 54.8 Å². The second kappa shape index (κ2) is 18.5. The van der Waals surface area contributed by atoms with Crippen LogP contribution in [0.1, 0.15) is 85.4 Å². The summed E-state index contributed by atoms with van der Waals surface area (Å²) in [7, 11) is 0. The van der Waals surface area contributed by atoms with Crippen molar-refractivity contribution in [3.05, 3.63) is 86.1 Å². The second-order valence-corrected chi connectivity index (χ2v) is 19.5. The molecule has 0 amide bonds. The largest absolute Gasteiger partial charge is 0.197 e. The molecule has 6 aromatic heterocycles. The molecule has 0 unspecified atom stereocenters. The van der Waals surface area contributed by atoms with E-state index in [0.29, 0.717) is 6.42 Å². The van der Waals surface area contributed by atoms with Crippen LogP contribution in [0.15, 0.2) is 54.1 Å². The quantitative estimate of drug-likeness (QED) is 0.0909. The van der Waals surface area contributed by atoms with Crippen LogP contribution in [-0.4, -0.2) is 0 Å². The number of allylic oxidation sites excluding steroid dienone is 1. The van der Waals surface area contributed by atoms with Crippen molar-refractivity contribution in [1.82, 2.24) is 0 Å². The Bertz CT molecular complexity index is 2410. The van der Waals surface area contributed by atoms with Gasteiger partial charge in [0.2, 0.25) is 0 Å². The minimum atomic E-state index is -0.616. The van der Waals surface area contributed by atoms with Gasteiger partial charge in [0.15, 0.2) is 0 Å². The fourth-order valence-corrected chi connectivity index (χ4v) is 14.2. The normalized spacial score (nSPS) is 11.0. The molecular formula is C44H40N4S6. The van der Waals surface area contributed by atoms with E-state index in [9.17, 15) is 21.0 Å². The summed E-state index contributed by atoms with van der Waals surface area (Å²) in [5.74, 6) is -0.616. The average molecular weight is 817 g/mol. The minimum Gasteiger partial charge on any atom is -0.197 e. The lowest BCUT2D eigenvalue weighted by Crippen LogP contribution is -1.95. The maximum absolute atomic E-state index is 9.36. The molecule has 10 heteroatoms. The second-order valence-electron chi connectivity index (χ2n) is 13.0. The fourth-order valence-electron chi connectivity index (χ4n) is 6.75. The zero-order valence-electron chi connectivity index (χ0n) is 30.9. The van der Waals surface area contributed by atoms with Gasteiger partial charge in [0.25, 0.3) is 0 Å². The highest BCUT2D eigenvalue weighted by molar-refractivity contribution is 7.30. The van der Waals surface area contributed by atoms with Crippen LogP contribution >= 0.6 is 68.0 Å². The first-order valence-electron chi connectivity index (χ1n) is 18.4. The number of hydrogen-bond acceptors (Lipinski definition) is 10. The van der Waals surface area contributed by atoms with Crippen LogP contribution in [0.4, 0.5) is 0 Å². The lowest BCUT2D eigenvalue weighted by atomic mass is 9.99. The highest BCUT2D eigenvalue weighted by Crippen LogP contribution is 2.51. The Labute approximate surface area is 343 Å². The van der Waals surface area contributed by atoms with Gasteiger partial charge in [-0.2, -0.15) is 21.0 Å². The topological polar surface area (TPSA) is 95.2 Å². The van der Waals surface area contributed by atoms with E-state index in [1.54, 1.807) is 28.7 Å². The van der Waals surface area contributed by atoms with E-state index in [2.05, 4.69) is 82.3 Å². The molecule has 0 saturated carbocycles. The molecule has 0 radical (unpaired) electrons. The molecule has 0 aliphatic rings. The average Bonchev–Trinajstić information content (AvgIpc) is 4.04. The van der Waals surface area contributed by atoms with Gasteiger partial charge in [-0.3, -0.25) is 0 Å². The molecule has 4 nitrogen and oxygen atoms in total. The molecule has 0 fully saturated rings. The first-order chi connectivity index (χ1) is 26.4. The summed E-state index contributed by atoms with van der Waals surface area (Å²) in [6.07, 6.45) is 10.6. The fraction of sp³-hybridized carbons (Fsp3) is 0.318. The van der Waals surface area contributed by atoms with Crippen LogP contribution in [-0.2, 0) is 32.1 Å². The van der Waals surface area contributed by atoms with Gasteiger partial charge in [-0.15, -0.1) is 68.0 Å². The summed E-state index contributed by atoms with van der Waals surface area (Å²) in [5, 5.41) is 37.3. The Hall–Kier alpha value is -4.10. The summed E-state index contributed by atoms with van der Waals surface area (Å²) in [6, 6.07) is 25.9. The SMILES string of the molecule is CCCc1c(-c2ccc(C=C(C#N)C#N)s2)sc(-c2ccc(-c3ccc(-c4sc(-c5ccc(CC(C#N)C#N)s5)c(CCC)c4CCC)s3)s2)c1CCC. The molecule has 6 rings (SSSR count). The van der Waals surface area contributed by atoms with Gasteiger partial charge in [-0.05, 0) is 103 Å². The van der Waals surface area contributed by atoms with E-state index in [-0.39, 0.29) is 5.57 Å². The monoisotopic (exact) mass is 816 g/mol. The van der Waals surface area contributed by atoms with E-state index in [4.69, 9.17) is 0 Å². The third kappa shape index (κ3) is 8.41. The van der Waals surface area contributed by atoms with Crippen LogP contribution in [0, 0.1) is 51.2 Å². The van der Waals surface area contributed by atoms with Crippen LogP contribution in [0.3, 0.4) is 0 Å². The Morgan fingerprint density at radius 3 is 1.31 bits per heavy atom. The lowest BCUT2D eigenvalue weighted by Gasteiger charge is -2.06. The smallest absolute Gasteiger partial charge is 0.138 e. The predicted molar refractivity (Wildman–Crippen MR) is 234 cm³/mol. The van der Waals surface area contributed by atoms with Crippen molar-refractivity contribution in [2.45, 2.75) is 85.5 Å². The van der Waals surface area contributed by atoms with Crippen LogP contribution in [0.5, 0.6) is 0 Å². The molecule has 0 bridgehead atoms. The van der Waals surface area contributed by atoms with E-state index in [1.807, 2.05) is 63.6 Å². The Kier molecular flexibility index (Phi) is 13.6. The van der Waals surface area contributed by atoms with Crippen molar-refractivity contribution in [2.24, 2.45) is 5.92 Å². The highest BCUT2D eigenvalue weighted by Gasteiger charge is 2.24. The molecule has 0 aliphatic heterocycles. The lowest BCUT2D eigenvalue weighted by molar-refractivity contribution is 0.847. The molecular weight excluding hydrogens is 777 g/mol. The Morgan fingerprint density at radius 2 is 0.889 bits per heavy atom. The molecule has 0 atom stereocenters. The first kappa shape index (κ1) is 39.6. The molecule has 54 heavy (non-hydrogen) atoms. The zero-order valence-corrected chi connectivity index (χ0v) is 35.8. The maximum Gasteiger partial charge on any atom is 0.138 e. The highest BCUT2D eigenvalue weighted by atomic mass is 32.1. The zero-order chi connectivity index (χ0) is 38.2. The number of thiophene rings is 6. The molecule has 0 saturated heterocycles. The van der Waals surface area contributed by atoms with Gasteiger partial charge >= 0.3 is 0 Å². The van der Waals surface area contributed by atoms with Gasteiger partial charge in [0.1, 0.15) is 23.6 Å². The number of hydrogen-bond donors (Lipinski definition) is 0. The van der Waals surface area contributed by atoms with E-state index >= 15 is 0 Å². The van der Waals surface area contributed by atoms with Crippen molar-refractivity contribution < 1.29 is 0 Å². The number of nitriles is 4. The minimum absolute atomic E-state index is 0.126. The van der Waals surface area contributed by atoms with Crippen LogP contribution in [0.2, 0.25) is 0 Å². The Morgan fingerprint density at radius 1 is 0.500 bits per heavy atom. The van der Waals surface area contributed by atoms with E-state index in [1.165, 1.54) is 71.0 Å². The van der Waals surface area contributed by atoms with Gasteiger partial charge in [-0.1, -0.05) is 53.4 Å². The Balaban J connectivity index is 1.36. The summed E-state index contributed by atoms with van der Waals surface area (Å²) in [4.78, 5) is 15.1. The summed E-state index contributed by atoms with van der Waals surface area (Å²) >= 11 is 11.0.